The molecule has 4 nitrogen and oxygen atoms in total. The Morgan fingerprint density at radius 2 is 1.77 bits per heavy atom. The molecule has 0 bridgehead atoms. The number of thiocarbonyl (C=S) groups is 1. The average molecular weight is 203 g/mol. The molecule has 0 atom stereocenters. The molecule has 2 amide bonds. The van der Waals surface area contributed by atoms with E-state index in [9.17, 15) is 4.79 Å². The zero-order valence-corrected chi connectivity index (χ0v) is 9.58. The number of carbonyl (C=O) groups is 1. The van der Waals surface area contributed by atoms with Crippen LogP contribution in [0.5, 0.6) is 0 Å². The largest absolute Gasteiger partial charge is 0.355 e. The van der Waals surface area contributed by atoms with Gasteiger partial charge in [0.1, 0.15) is 0 Å². The van der Waals surface area contributed by atoms with Crippen molar-refractivity contribution in [2.75, 3.05) is 14.1 Å². The molecule has 0 aliphatic carbocycles. The smallest absolute Gasteiger partial charge is 0.321 e. The lowest BCUT2D eigenvalue weighted by atomic mass is 10.1. The highest BCUT2D eigenvalue weighted by Crippen LogP contribution is 1.97. The second kappa shape index (κ2) is 4.41. The first-order valence-electron chi connectivity index (χ1n) is 4.03. The number of carbonyl (C=O) groups excluding carboxylic acids is 1. The molecular formula is C8H17N3OS. The topological polar surface area (TPSA) is 44.4 Å². The van der Waals surface area contributed by atoms with Gasteiger partial charge < -0.3 is 10.2 Å². The molecule has 13 heavy (non-hydrogen) atoms. The predicted molar refractivity (Wildman–Crippen MR) is 57.7 cm³/mol. The molecular weight excluding hydrogens is 186 g/mol. The Morgan fingerprint density at radius 3 is 2.08 bits per heavy atom. The third-order valence-electron chi connectivity index (χ3n) is 1.12. The van der Waals surface area contributed by atoms with Crippen molar-refractivity contribution in [1.82, 2.24) is 15.5 Å². The number of hydrogen-bond acceptors (Lipinski definition) is 2. The van der Waals surface area contributed by atoms with Crippen LogP contribution in [0.4, 0.5) is 4.79 Å². The van der Waals surface area contributed by atoms with E-state index in [1.165, 1.54) is 0 Å². The summed E-state index contributed by atoms with van der Waals surface area (Å²) in [4.78, 5) is 12.9. The zero-order valence-electron chi connectivity index (χ0n) is 8.76. The Morgan fingerprint density at radius 1 is 1.31 bits per heavy atom. The Bertz CT molecular complexity index is 208. The number of nitrogens with zero attached hydrogens (tertiary/aromatic N) is 1. The monoisotopic (exact) mass is 203 g/mol. The van der Waals surface area contributed by atoms with Crippen LogP contribution in [0, 0.1) is 0 Å². The molecule has 0 aliphatic heterocycles. The molecule has 76 valence electrons. The normalized spacial score (nSPS) is 10.5. The van der Waals surface area contributed by atoms with Crippen LogP contribution < -0.4 is 10.6 Å². The number of amides is 2. The lowest BCUT2D eigenvalue weighted by molar-refractivity contribution is 0.236. The van der Waals surface area contributed by atoms with Gasteiger partial charge in [-0.15, -0.1) is 0 Å². The minimum Gasteiger partial charge on any atom is -0.355 e. The first kappa shape index (κ1) is 12.2. The van der Waals surface area contributed by atoms with Crippen LogP contribution in [0.2, 0.25) is 0 Å². The lowest BCUT2D eigenvalue weighted by Gasteiger charge is -2.22. The van der Waals surface area contributed by atoms with Crippen molar-refractivity contribution in [3.8, 4) is 0 Å². The van der Waals surface area contributed by atoms with Gasteiger partial charge in [-0.3, -0.25) is 5.32 Å². The highest BCUT2D eigenvalue weighted by molar-refractivity contribution is 7.80. The van der Waals surface area contributed by atoms with Gasteiger partial charge >= 0.3 is 6.03 Å². The quantitative estimate of drug-likeness (QED) is 0.576. The van der Waals surface area contributed by atoms with Crippen molar-refractivity contribution in [2.24, 2.45) is 0 Å². The lowest BCUT2D eigenvalue weighted by Crippen LogP contribution is -2.50. The van der Waals surface area contributed by atoms with Crippen LogP contribution in [0.3, 0.4) is 0 Å². The van der Waals surface area contributed by atoms with Crippen molar-refractivity contribution in [3.63, 3.8) is 0 Å². The van der Waals surface area contributed by atoms with Crippen molar-refractivity contribution < 1.29 is 4.79 Å². The van der Waals surface area contributed by atoms with Crippen LogP contribution >= 0.6 is 12.2 Å². The summed E-state index contributed by atoms with van der Waals surface area (Å²) < 4.78 is 0. The van der Waals surface area contributed by atoms with Gasteiger partial charge in [0.05, 0.1) is 0 Å². The zero-order chi connectivity index (χ0) is 10.6. The Labute approximate surface area is 84.7 Å². The fraction of sp³-hybridized carbons (Fsp3) is 0.750. The molecule has 0 saturated heterocycles. The van der Waals surface area contributed by atoms with E-state index in [4.69, 9.17) is 12.2 Å². The van der Waals surface area contributed by atoms with E-state index in [0.717, 1.165) is 0 Å². The van der Waals surface area contributed by atoms with Crippen LogP contribution in [0.1, 0.15) is 20.8 Å². The fourth-order valence-electron chi connectivity index (χ4n) is 0.581. The summed E-state index contributed by atoms with van der Waals surface area (Å²) in [7, 11) is 3.55. The summed E-state index contributed by atoms with van der Waals surface area (Å²) in [5.74, 6) is 0. The summed E-state index contributed by atoms with van der Waals surface area (Å²) >= 11 is 4.90. The van der Waals surface area contributed by atoms with Gasteiger partial charge in [-0.2, -0.15) is 0 Å². The van der Waals surface area contributed by atoms with Gasteiger partial charge in [0.2, 0.25) is 0 Å². The molecule has 0 unspecified atom stereocenters. The second-order valence-corrected chi connectivity index (χ2v) is 4.42. The Hall–Kier alpha value is -0.840. The van der Waals surface area contributed by atoms with E-state index >= 15 is 0 Å². The Kier molecular flexibility index (Phi) is 4.13. The minimum absolute atomic E-state index is 0.244. The molecule has 0 aromatic heterocycles. The summed E-state index contributed by atoms with van der Waals surface area (Å²) in [6, 6.07) is -0.272. The number of urea groups is 1. The van der Waals surface area contributed by atoms with E-state index in [1.807, 2.05) is 20.8 Å². The van der Waals surface area contributed by atoms with Crippen molar-refractivity contribution in [1.29, 1.82) is 0 Å². The maximum Gasteiger partial charge on any atom is 0.321 e. The molecule has 2 N–H and O–H groups in total. The second-order valence-electron chi connectivity index (χ2n) is 4.03. The van der Waals surface area contributed by atoms with E-state index in [-0.39, 0.29) is 11.6 Å². The molecule has 0 heterocycles. The minimum atomic E-state index is -0.272. The summed E-state index contributed by atoms with van der Waals surface area (Å²) in [6.45, 7) is 5.72. The van der Waals surface area contributed by atoms with Crippen LogP contribution in [-0.2, 0) is 0 Å². The predicted octanol–water partition coefficient (Wildman–Crippen LogP) is 0.931. The molecule has 5 heteroatoms. The van der Waals surface area contributed by atoms with Gasteiger partial charge in [0.25, 0.3) is 0 Å². The number of rotatable bonds is 0. The Balaban J connectivity index is 3.96. The highest BCUT2D eigenvalue weighted by Gasteiger charge is 2.14. The third-order valence-corrected chi connectivity index (χ3v) is 1.58. The maximum atomic E-state index is 11.2. The highest BCUT2D eigenvalue weighted by atomic mass is 32.1. The molecule has 0 radical (unpaired) electrons. The van der Waals surface area contributed by atoms with Gasteiger partial charge in [-0.25, -0.2) is 4.79 Å². The molecule has 0 rings (SSSR count). The van der Waals surface area contributed by atoms with Crippen molar-refractivity contribution >= 4 is 23.4 Å². The molecule has 0 aromatic carbocycles. The van der Waals surface area contributed by atoms with E-state index < -0.39 is 0 Å². The maximum absolute atomic E-state index is 11.2. The van der Waals surface area contributed by atoms with Gasteiger partial charge in [0, 0.05) is 19.6 Å². The standard InChI is InChI=1S/C8H17N3OS/c1-8(2,3)10-6(12)9-7(13)11(4)5/h1-5H3,(H2,9,10,12,13). The van der Waals surface area contributed by atoms with E-state index in [1.54, 1.807) is 19.0 Å². The molecule has 0 saturated carbocycles. The SMILES string of the molecule is CN(C)C(=S)NC(=O)NC(C)(C)C. The average Bonchev–Trinajstić information content (AvgIpc) is 1.81. The molecule has 0 aromatic rings. The van der Waals surface area contributed by atoms with E-state index in [2.05, 4.69) is 10.6 Å². The first-order chi connectivity index (χ1) is 5.72. The molecule has 0 fully saturated rings. The van der Waals surface area contributed by atoms with Gasteiger partial charge in [-0.05, 0) is 33.0 Å². The molecule has 0 spiro atoms. The van der Waals surface area contributed by atoms with E-state index in [0.29, 0.717) is 5.11 Å². The van der Waals surface area contributed by atoms with Crippen LogP contribution in [0.25, 0.3) is 0 Å². The van der Waals surface area contributed by atoms with Crippen molar-refractivity contribution in [3.05, 3.63) is 0 Å². The third kappa shape index (κ3) is 6.33. The number of hydrogen-bond donors (Lipinski definition) is 2. The summed E-state index contributed by atoms with van der Waals surface area (Å²) in [5.41, 5.74) is -0.244. The first-order valence-corrected chi connectivity index (χ1v) is 4.43. The van der Waals surface area contributed by atoms with Crippen LogP contribution in [0.15, 0.2) is 0 Å². The van der Waals surface area contributed by atoms with Crippen LogP contribution in [-0.4, -0.2) is 35.7 Å². The summed E-state index contributed by atoms with van der Waals surface area (Å²) in [6.07, 6.45) is 0. The van der Waals surface area contributed by atoms with Gasteiger partial charge in [-0.1, -0.05) is 0 Å². The van der Waals surface area contributed by atoms with Crippen molar-refractivity contribution in [2.45, 2.75) is 26.3 Å². The molecule has 0 aliphatic rings. The number of nitrogens with one attached hydrogen (secondary N) is 2. The summed E-state index contributed by atoms with van der Waals surface area (Å²) in [5, 5.41) is 5.69. The van der Waals surface area contributed by atoms with Gasteiger partial charge in [0.15, 0.2) is 5.11 Å². The fourth-order valence-corrected chi connectivity index (χ4v) is 0.673.